The van der Waals surface area contributed by atoms with Gasteiger partial charge in [-0.3, -0.25) is 4.68 Å². The summed E-state index contributed by atoms with van der Waals surface area (Å²) in [5.74, 6) is 0. The summed E-state index contributed by atoms with van der Waals surface area (Å²) in [7, 11) is 0. The van der Waals surface area contributed by atoms with Gasteiger partial charge in [0.05, 0.1) is 11.7 Å². The largest absolute Gasteiger partial charge is 0.312 e. The Kier molecular flexibility index (Phi) is 3.41. The molecule has 1 aliphatic carbocycles. The maximum atomic E-state index is 4.54. The van der Waals surface area contributed by atoms with Crippen LogP contribution in [-0.4, -0.2) is 22.4 Å². The molecule has 0 spiro atoms. The maximum Gasteiger partial charge on any atom is 0.0672 e. The van der Waals surface area contributed by atoms with E-state index in [-0.39, 0.29) is 0 Å². The predicted molar refractivity (Wildman–Crippen MR) is 61.9 cm³/mol. The molecule has 1 fully saturated rings. The SMILES string of the molecule is CCNC1CCCCC1n1ccc(C)n1. The summed E-state index contributed by atoms with van der Waals surface area (Å²) in [5.41, 5.74) is 1.12. The average Bonchev–Trinajstić information content (AvgIpc) is 2.66. The first-order valence-corrected chi connectivity index (χ1v) is 6.06. The molecule has 0 amide bonds. The Balaban J connectivity index is 2.10. The summed E-state index contributed by atoms with van der Waals surface area (Å²) in [5, 5.41) is 8.12. The molecule has 0 aromatic carbocycles. The van der Waals surface area contributed by atoms with E-state index in [1.165, 1.54) is 25.7 Å². The van der Waals surface area contributed by atoms with Crippen LogP contribution >= 0.6 is 0 Å². The normalized spacial score (nSPS) is 26.8. The van der Waals surface area contributed by atoms with Crippen LogP contribution in [0.15, 0.2) is 12.3 Å². The van der Waals surface area contributed by atoms with Crippen molar-refractivity contribution in [1.29, 1.82) is 0 Å². The molecule has 1 heterocycles. The smallest absolute Gasteiger partial charge is 0.0672 e. The molecule has 0 aliphatic heterocycles. The van der Waals surface area contributed by atoms with Crippen LogP contribution in [0.25, 0.3) is 0 Å². The Morgan fingerprint density at radius 1 is 1.47 bits per heavy atom. The number of likely N-dealkylation sites (N-methyl/N-ethyl adjacent to an activating group) is 1. The summed E-state index contributed by atoms with van der Waals surface area (Å²) in [6, 6.07) is 3.27. The first kappa shape index (κ1) is 10.7. The second-order valence-electron chi connectivity index (χ2n) is 4.45. The zero-order valence-corrected chi connectivity index (χ0v) is 9.74. The highest BCUT2D eigenvalue weighted by atomic mass is 15.3. The summed E-state index contributed by atoms with van der Waals surface area (Å²) in [6.45, 7) is 5.29. The third-order valence-corrected chi connectivity index (χ3v) is 3.28. The molecule has 1 aliphatic rings. The van der Waals surface area contributed by atoms with Crippen LogP contribution in [0.1, 0.15) is 44.3 Å². The Morgan fingerprint density at radius 3 is 2.93 bits per heavy atom. The Morgan fingerprint density at radius 2 is 2.27 bits per heavy atom. The van der Waals surface area contributed by atoms with Gasteiger partial charge in [0.25, 0.3) is 0 Å². The molecule has 3 heteroatoms. The van der Waals surface area contributed by atoms with E-state index in [4.69, 9.17) is 0 Å². The van der Waals surface area contributed by atoms with Crippen molar-refractivity contribution in [3.8, 4) is 0 Å². The number of nitrogens with zero attached hydrogens (tertiary/aromatic N) is 2. The minimum atomic E-state index is 0.562. The molecule has 15 heavy (non-hydrogen) atoms. The highest BCUT2D eigenvalue weighted by molar-refractivity contribution is 4.98. The third kappa shape index (κ3) is 2.40. The van der Waals surface area contributed by atoms with Crippen LogP contribution in [0.4, 0.5) is 0 Å². The summed E-state index contributed by atoms with van der Waals surface area (Å²) >= 11 is 0. The molecule has 1 aromatic rings. The quantitative estimate of drug-likeness (QED) is 0.824. The van der Waals surface area contributed by atoms with Crippen molar-refractivity contribution in [3.05, 3.63) is 18.0 Å². The molecule has 1 saturated carbocycles. The van der Waals surface area contributed by atoms with Crippen LogP contribution < -0.4 is 5.32 Å². The number of nitrogens with one attached hydrogen (secondary N) is 1. The van der Waals surface area contributed by atoms with Crippen LogP contribution in [0.5, 0.6) is 0 Å². The predicted octanol–water partition coefficient (Wildman–Crippen LogP) is 2.28. The molecule has 2 rings (SSSR count). The molecule has 84 valence electrons. The number of hydrogen-bond donors (Lipinski definition) is 1. The van der Waals surface area contributed by atoms with E-state index in [9.17, 15) is 0 Å². The van der Waals surface area contributed by atoms with E-state index in [0.717, 1.165) is 12.2 Å². The van der Waals surface area contributed by atoms with Crippen LogP contribution in [0.2, 0.25) is 0 Å². The minimum Gasteiger partial charge on any atom is -0.312 e. The van der Waals surface area contributed by atoms with Crippen molar-refractivity contribution in [3.63, 3.8) is 0 Å². The molecule has 0 saturated heterocycles. The van der Waals surface area contributed by atoms with Gasteiger partial charge in [-0.25, -0.2) is 0 Å². The minimum absolute atomic E-state index is 0.562. The van der Waals surface area contributed by atoms with Gasteiger partial charge in [-0.1, -0.05) is 19.8 Å². The van der Waals surface area contributed by atoms with Gasteiger partial charge in [-0.05, 0) is 32.4 Å². The summed E-state index contributed by atoms with van der Waals surface area (Å²) in [4.78, 5) is 0. The second kappa shape index (κ2) is 4.79. The summed E-state index contributed by atoms with van der Waals surface area (Å²) < 4.78 is 2.15. The third-order valence-electron chi connectivity index (χ3n) is 3.28. The van der Waals surface area contributed by atoms with Gasteiger partial charge in [0.1, 0.15) is 0 Å². The van der Waals surface area contributed by atoms with Gasteiger partial charge in [-0.15, -0.1) is 0 Å². The first-order valence-electron chi connectivity index (χ1n) is 6.06. The van der Waals surface area contributed by atoms with Crippen molar-refractivity contribution in [2.24, 2.45) is 0 Å². The van der Waals surface area contributed by atoms with Crippen molar-refractivity contribution < 1.29 is 0 Å². The standard InChI is InChI=1S/C12H21N3/c1-3-13-11-6-4-5-7-12(11)15-9-8-10(2)14-15/h8-9,11-13H,3-7H2,1-2H3. The van der Waals surface area contributed by atoms with Gasteiger partial charge in [-0.2, -0.15) is 5.10 Å². The van der Waals surface area contributed by atoms with Gasteiger partial charge < -0.3 is 5.32 Å². The number of rotatable bonds is 3. The van der Waals surface area contributed by atoms with Crippen molar-refractivity contribution in [2.45, 2.75) is 51.6 Å². The molecule has 1 aromatic heterocycles. The molecule has 0 bridgehead atoms. The molecule has 3 nitrogen and oxygen atoms in total. The lowest BCUT2D eigenvalue weighted by atomic mass is 9.90. The Labute approximate surface area is 91.9 Å². The Hall–Kier alpha value is -0.830. The van der Waals surface area contributed by atoms with Gasteiger partial charge >= 0.3 is 0 Å². The monoisotopic (exact) mass is 207 g/mol. The average molecular weight is 207 g/mol. The zero-order chi connectivity index (χ0) is 10.7. The van der Waals surface area contributed by atoms with E-state index in [0.29, 0.717) is 12.1 Å². The van der Waals surface area contributed by atoms with Crippen LogP contribution in [-0.2, 0) is 0 Å². The lowest BCUT2D eigenvalue weighted by molar-refractivity contribution is 0.249. The van der Waals surface area contributed by atoms with Gasteiger partial charge in [0, 0.05) is 12.2 Å². The van der Waals surface area contributed by atoms with E-state index in [1.807, 2.05) is 0 Å². The molecule has 2 unspecified atom stereocenters. The molecule has 2 atom stereocenters. The van der Waals surface area contributed by atoms with Gasteiger partial charge in [0.15, 0.2) is 0 Å². The van der Waals surface area contributed by atoms with E-state index in [1.54, 1.807) is 0 Å². The highest BCUT2D eigenvalue weighted by Gasteiger charge is 2.25. The number of hydrogen-bond acceptors (Lipinski definition) is 2. The summed E-state index contributed by atoms with van der Waals surface area (Å²) in [6.07, 6.45) is 7.37. The van der Waals surface area contributed by atoms with Crippen LogP contribution in [0, 0.1) is 6.92 Å². The van der Waals surface area contributed by atoms with Crippen molar-refractivity contribution in [2.75, 3.05) is 6.54 Å². The fourth-order valence-corrected chi connectivity index (χ4v) is 2.55. The lowest BCUT2D eigenvalue weighted by Gasteiger charge is -2.32. The van der Waals surface area contributed by atoms with E-state index < -0.39 is 0 Å². The van der Waals surface area contributed by atoms with E-state index in [2.05, 4.69) is 41.2 Å². The fourth-order valence-electron chi connectivity index (χ4n) is 2.55. The molecule has 0 radical (unpaired) electrons. The molecular weight excluding hydrogens is 186 g/mol. The van der Waals surface area contributed by atoms with Crippen molar-refractivity contribution in [1.82, 2.24) is 15.1 Å². The molecule has 1 N–H and O–H groups in total. The number of aryl methyl sites for hydroxylation is 1. The van der Waals surface area contributed by atoms with Crippen molar-refractivity contribution >= 4 is 0 Å². The Bertz CT molecular complexity index is 304. The number of aromatic nitrogens is 2. The molecular formula is C12H21N3. The first-order chi connectivity index (χ1) is 7.31. The van der Waals surface area contributed by atoms with Gasteiger partial charge in [0.2, 0.25) is 0 Å². The highest BCUT2D eigenvalue weighted by Crippen LogP contribution is 2.28. The topological polar surface area (TPSA) is 29.9 Å². The fraction of sp³-hybridized carbons (Fsp3) is 0.750. The lowest BCUT2D eigenvalue weighted by Crippen LogP contribution is -2.39. The van der Waals surface area contributed by atoms with E-state index >= 15 is 0 Å². The maximum absolute atomic E-state index is 4.54. The zero-order valence-electron chi connectivity index (χ0n) is 9.74. The second-order valence-corrected chi connectivity index (χ2v) is 4.45. The van der Waals surface area contributed by atoms with Crippen LogP contribution in [0.3, 0.4) is 0 Å².